The second-order valence-corrected chi connectivity index (χ2v) is 10.0. The molecule has 1 amide bonds. The number of hydrogen-bond donors (Lipinski definition) is 1. The van der Waals surface area contributed by atoms with Crippen LogP contribution in [-0.2, 0) is 16.1 Å². The predicted molar refractivity (Wildman–Crippen MR) is 152 cm³/mol. The summed E-state index contributed by atoms with van der Waals surface area (Å²) in [6.45, 7) is 7.73. The molecule has 5 rings (SSSR count). The minimum atomic E-state index is -0.0407. The highest BCUT2D eigenvalue weighted by atomic mass is 16.5. The Kier molecular flexibility index (Phi) is 8.41. The van der Waals surface area contributed by atoms with Crippen molar-refractivity contribution in [2.24, 2.45) is 0 Å². The summed E-state index contributed by atoms with van der Waals surface area (Å²) in [5, 5.41) is 4.36. The third-order valence-electron chi connectivity index (χ3n) is 7.43. The zero-order valence-electron chi connectivity index (χ0n) is 22.4. The average molecular weight is 512 g/mol. The normalized spacial score (nSPS) is 14.9. The van der Waals surface area contributed by atoms with Crippen LogP contribution < -0.4 is 10.1 Å². The van der Waals surface area contributed by atoms with Gasteiger partial charge in [0.25, 0.3) is 0 Å². The number of fused-ring (bicyclic) bond motifs is 1. The maximum Gasteiger partial charge on any atom is 0.220 e. The molecule has 38 heavy (non-hydrogen) atoms. The Bertz CT molecular complexity index is 1340. The lowest BCUT2D eigenvalue weighted by molar-refractivity contribution is -0.121. The molecular formula is C32H37N3O3. The highest BCUT2D eigenvalue weighted by Gasteiger charge is 2.23. The van der Waals surface area contributed by atoms with Crippen LogP contribution in [0.25, 0.3) is 10.9 Å². The van der Waals surface area contributed by atoms with E-state index in [2.05, 4.69) is 88.6 Å². The molecule has 1 fully saturated rings. The van der Waals surface area contributed by atoms with E-state index in [9.17, 15) is 4.79 Å². The molecular weight excluding hydrogens is 474 g/mol. The topological polar surface area (TPSA) is 55.7 Å². The van der Waals surface area contributed by atoms with Crippen LogP contribution >= 0.6 is 0 Å². The standard InChI is InChI=1S/C32H37N3O3/c1-24-7-11-26(12-8-24)29(21-32(36)33-15-16-34-17-19-38-20-18-34)30-23-35(31-6-4-3-5-28(30)31)22-25-9-13-27(37-2)14-10-25/h3-14,23,29H,15-22H2,1-2H3,(H,33,36). The number of rotatable bonds is 10. The van der Waals surface area contributed by atoms with E-state index >= 15 is 0 Å². The van der Waals surface area contributed by atoms with Crippen LogP contribution in [0.4, 0.5) is 0 Å². The highest BCUT2D eigenvalue weighted by molar-refractivity contribution is 5.86. The van der Waals surface area contributed by atoms with Crippen molar-refractivity contribution in [1.29, 1.82) is 0 Å². The van der Waals surface area contributed by atoms with Crippen LogP contribution in [0.5, 0.6) is 5.75 Å². The predicted octanol–water partition coefficient (Wildman–Crippen LogP) is 4.98. The number of para-hydroxylation sites is 1. The molecule has 198 valence electrons. The van der Waals surface area contributed by atoms with E-state index in [1.165, 1.54) is 27.6 Å². The van der Waals surface area contributed by atoms with E-state index in [-0.39, 0.29) is 11.8 Å². The van der Waals surface area contributed by atoms with Gasteiger partial charge in [0.1, 0.15) is 5.75 Å². The molecule has 3 aromatic carbocycles. The van der Waals surface area contributed by atoms with Crippen LogP contribution in [0.15, 0.2) is 79.0 Å². The van der Waals surface area contributed by atoms with Crippen molar-refractivity contribution in [1.82, 2.24) is 14.8 Å². The van der Waals surface area contributed by atoms with Gasteiger partial charge in [-0.3, -0.25) is 9.69 Å². The molecule has 1 saturated heterocycles. The number of carbonyl (C=O) groups excluding carboxylic acids is 1. The van der Waals surface area contributed by atoms with Gasteiger partial charge in [-0.15, -0.1) is 0 Å². The van der Waals surface area contributed by atoms with Gasteiger partial charge < -0.3 is 19.4 Å². The van der Waals surface area contributed by atoms with Gasteiger partial charge >= 0.3 is 0 Å². The molecule has 1 aliphatic heterocycles. The SMILES string of the molecule is COc1ccc(Cn2cc(C(CC(=O)NCCN3CCOCC3)c3ccc(C)cc3)c3ccccc32)cc1. The second-order valence-electron chi connectivity index (χ2n) is 10.0. The molecule has 6 heteroatoms. The van der Waals surface area contributed by atoms with E-state index in [0.717, 1.165) is 50.7 Å². The van der Waals surface area contributed by atoms with Crippen molar-refractivity contribution >= 4 is 16.8 Å². The number of hydrogen-bond acceptors (Lipinski definition) is 4. The van der Waals surface area contributed by atoms with E-state index in [1.54, 1.807) is 7.11 Å². The maximum absolute atomic E-state index is 13.2. The summed E-state index contributed by atoms with van der Waals surface area (Å²) in [4.78, 5) is 15.6. The average Bonchev–Trinajstić information content (AvgIpc) is 3.31. The fourth-order valence-electron chi connectivity index (χ4n) is 5.25. The van der Waals surface area contributed by atoms with Gasteiger partial charge in [-0.05, 0) is 41.8 Å². The van der Waals surface area contributed by atoms with Gasteiger partial charge in [0.15, 0.2) is 0 Å². The lowest BCUT2D eigenvalue weighted by Gasteiger charge is -2.26. The Balaban J connectivity index is 1.40. The molecule has 0 radical (unpaired) electrons. The quantitative estimate of drug-likeness (QED) is 0.326. The van der Waals surface area contributed by atoms with Crippen molar-refractivity contribution in [2.45, 2.75) is 25.8 Å². The van der Waals surface area contributed by atoms with Crippen LogP contribution in [-0.4, -0.2) is 61.9 Å². The Morgan fingerprint density at radius 2 is 1.74 bits per heavy atom. The zero-order valence-corrected chi connectivity index (χ0v) is 22.4. The first-order valence-electron chi connectivity index (χ1n) is 13.4. The van der Waals surface area contributed by atoms with Crippen LogP contribution in [0.3, 0.4) is 0 Å². The Morgan fingerprint density at radius 3 is 2.47 bits per heavy atom. The van der Waals surface area contributed by atoms with Gasteiger partial charge in [0.2, 0.25) is 5.91 Å². The lowest BCUT2D eigenvalue weighted by atomic mass is 9.87. The molecule has 4 aromatic rings. The first-order chi connectivity index (χ1) is 18.6. The minimum absolute atomic E-state index is 0.0407. The number of aryl methyl sites for hydroxylation is 1. The number of amides is 1. The number of ether oxygens (including phenoxy) is 2. The van der Waals surface area contributed by atoms with E-state index in [1.807, 2.05) is 12.1 Å². The first-order valence-corrected chi connectivity index (χ1v) is 13.4. The number of methoxy groups -OCH3 is 1. The molecule has 1 aliphatic rings. The summed E-state index contributed by atoms with van der Waals surface area (Å²) >= 11 is 0. The van der Waals surface area contributed by atoms with Crippen molar-refractivity contribution in [3.05, 3.63) is 101 Å². The molecule has 1 N–H and O–H groups in total. The summed E-state index contributed by atoms with van der Waals surface area (Å²) in [7, 11) is 1.69. The number of nitrogens with one attached hydrogen (secondary N) is 1. The van der Waals surface area contributed by atoms with Crippen molar-refractivity contribution in [3.8, 4) is 5.75 Å². The molecule has 1 unspecified atom stereocenters. The Labute approximate surface area is 225 Å². The van der Waals surface area contributed by atoms with Crippen LogP contribution in [0.1, 0.15) is 34.6 Å². The van der Waals surface area contributed by atoms with Gasteiger partial charge in [-0.2, -0.15) is 0 Å². The molecule has 0 aliphatic carbocycles. The van der Waals surface area contributed by atoms with E-state index in [4.69, 9.17) is 9.47 Å². The fourth-order valence-corrected chi connectivity index (χ4v) is 5.25. The molecule has 0 bridgehead atoms. The van der Waals surface area contributed by atoms with Gasteiger partial charge in [-0.1, -0.05) is 60.2 Å². The third kappa shape index (κ3) is 6.26. The number of carbonyl (C=O) groups is 1. The van der Waals surface area contributed by atoms with Crippen molar-refractivity contribution in [2.75, 3.05) is 46.5 Å². The number of aromatic nitrogens is 1. The summed E-state index contributed by atoms with van der Waals surface area (Å²) in [6, 6.07) is 25.3. The largest absolute Gasteiger partial charge is 0.497 e. The fraction of sp³-hybridized carbons (Fsp3) is 0.344. The number of nitrogens with zero attached hydrogens (tertiary/aromatic N) is 2. The van der Waals surface area contributed by atoms with Gasteiger partial charge in [0.05, 0.1) is 20.3 Å². The Hall–Kier alpha value is -3.61. The molecule has 1 atom stereocenters. The Morgan fingerprint density at radius 1 is 1.00 bits per heavy atom. The van der Waals surface area contributed by atoms with Gasteiger partial charge in [0, 0.05) is 62.2 Å². The summed E-state index contributed by atoms with van der Waals surface area (Å²) in [6.07, 6.45) is 2.64. The zero-order chi connectivity index (χ0) is 26.3. The molecule has 0 saturated carbocycles. The summed E-state index contributed by atoms with van der Waals surface area (Å²) < 4.78 is 13.1. The minimum Gasteiger partial charge on any atom is -0.497 e. The number of benzene rings is 3. The van der Waals surface area contributed by atoms with Crippen molar-refractivity contribution in [3.63, 3.8) is 0 Å². The van der Waals surface area contributed by atoms with Gasteiger partial charge in [-0.25, -0.2) is 0 Å². The summed E-state index contributed by atoms with van der Waals surface area (Å²) in [5.74, 6) is 0.891. The monoisotopic (exact) mass is 511 g/mol. The molecule has 1 aromatic heterocycles. The van der Waals surface area contributed by atoms with E-state index < -0.39 is 0 Å². The van der Waals surface area contributed by atoms with E-state index in [0.29, 0.717) is 13.0 Å². The maximum atomic E-state index is 13.2. The molecule has 0 spiro atoms. The molecule has 6 nitrogen and oxygen atoms in total. The smallest absolute Gasteiger partial charge is 0.220 e. The molecule has 2 heterocycles. The first kappa shape index (κ1) is 26.0. The summed E-state index contributed by atoms with van der Waals surface area (Å²) in [5.41, 5.74) is 5.92. The van der Waals surface area contributed by atoms with Crippen molar-refractivity contribution < 1.29 is 14.3 Å². The lowest BCUT2D eigenvalue weighted by Crippen LogP contribution is -2.41. The highest BCUT2D eigenvalue weighted by Crippen LogP contribution is 2.35. The second kappa shape index (κ2) is 12.3. The number of morpholine rings is 1. The third-order valence-corrected chi connectivity index (χ3v) is 7.43. The van der Waals surface area contributed by atoms with Crippen LogP contribution in [0, 0.1) is 6.92 Å². The van der Waals surface area contributed by atoms with Crippen LogP contribution in [0.2, 0.25) is 0 Å².